The number of ether oxygens (including phenoxy) is 2. The fraction of sp³-hybridized carbons (Fsp3) is 1.00. The largest absolute Gasteiger partial charge is 0.382 e. The van der Waals surface area contributed by atoms with E-state index in [4.69, 9.17) is 9.47 Å². The van der Waals surface area contributed by atoms with E-state index in [1.54, 1.807) is 7.11 Å². The lowest BCUT2D eigenvalue weighted by Crippen LogP contribution is -2.31. The zero-order valence-electron chi connectivity index (χ0n) is 11.4. The molecule has 0 unspecified atom stereocenters. The van der Waals surface area contributed by atoms with Gasteiger partial charge >= 0.3 is 0 Å². The first-order valence-electron chi connectivity index (χ1n) is 6.79. The van der Waals surface area contributed by atoms with Crippen LogP contribution in [-0.4, -0.2) is 65.1 Å². The molecule has 1 fully saturated rings. The SMILES string of the molecule is COCCOCCN(C)CCC1CCNCC1. The molecule has 0 aliphatic carbocycles. The lowest BCUT2D eigenvalue weighted by atomic mass is 9.94. The van der Waals surface area contributed by atoms with Gasteiger partial charge in [0, 0.05) is 13.7 Å². The van der Waals surface area contributed by atoms with Crippen molar-refractivity contribution in [2.45, 2.75) is 19.3 Å². The van der Waals surface area contributed by atoms with E-state index in [1.807, 2.05) is 0 Å². The topological polar surface area (TPSA) is 33.7 Å². The average molecular weight is 244 g/mol. The van der Waals surface area contributed by atoms with Crippen LogP contribution in [-0.2, 0) is 9.47 Å². The minimum atomic E-state index is 0.693. The molecular weight excluding hydrogens is 216 g/mol. The monoisotopic (exact) mass is 244 g/mol. The van der Waals surface area contributed by atoms with Crippen LogP contribution >= 0.6 is 0 Å². The molecule has 0 radical (unpaired) electrons. The predicted octanol–water partition coefficient (Wildman–Crippen LogP) is 0.971. The minimum absolute atomic E-state index is 0.693. The number of likely N-dealkylation sites (N-methyl/N-ethyl adjacent to an activating group) is 1. The maximum Gasteiger partial charge on any atom is 0.0700 e. The summed E-state index contributed by atoms with van der Waals surface area (Å²) in [5, 5.41) is 3.41. The second kappa shape index (κ2) is 9.83. The van der Waals surface area contributed by atoms with E-state index in [0.29, 0.717) is 13.2 Å². The van der Waals surface area contributed by atoms with Gasteiger partial charge in [-0.2, -0.15) is 0 Å². The Balaban J connectivity index is 1.91. The molecule has 0 saturated carbocycles. The van der Waals surface area contributed by atoms with Crippen molar-refractivity contribution in [1.82, 2.24) is 10.2 Å². The smallest absolute Gasteiger partial charge is 0.0700 e. The molecule has 0 aromatic rings. The van der Waals surface area contributed by atoms with E-state index in [2.05, 4.69) is 17.3 Å². The van der Waals surface area contributed by atoms with Gasteiger partial charge in [-0.3, -0.25) is 0 Å². The van der Waals surface area contributed by atoms with Gasteiger partial charge in [-0.25, -0.2) is 0 Å². The molecule has 1 N–H and O–H groups in total. The van der Waals surface area contributed by atoms with E-state index >= 15 is 0 Å². The fourth-order valence-electron chi connectivity index (χ4n) is 2.15. The molecule has 0 bridgehead atoms. The van der Waals surface area contributed by atoms with Crippen LogP contribution in [0.3, 0.4) is 0 Å². The van der Waals surface area contributed by atoms with Crippen LogP contribution in [0.5, 0.6) is 0 Å². The van der Waals surface area contributed by atoms with Gasteiger partial charge in [-0.05, 0) is 51.9 Å². The van der Waals surface area contributed by atoms with Crippen molar-refractivity contribution in [3.05, 3.63) is 0 Å². The number of piperidine rings is 1. The summed E-state index contributed by atoms with van der Waals surface area (Å²) in [7, 11) is 3.88. The van der Waals surface area contributed by atoms with Crippen molar-refractivity contribution in [1.29, 1.82) is 0 Å². The summed E-state index contributed by atoms with van der Waals surface area (Å²) in [5.41, 5.74) is 0. The number of nitrogens with zero attached hydrogens (tertiary/aromatic N) is 1. The Hall–Kier alpha value is -0.160. The van der Waals surface area contributed by atoms with Crippen molar-refractivity contribution in [3.8, 4) is 0 Å². The van der Waals surface area contributed by atoms with E-state index in [1.165, 1.54) is 38.9 Å². The van der Waals surface area contributed by atoms with Crippen LogP contribution in [0.25, 0.3) is 0 Å². The highest BCUT2D eigenvalue weighted by Crippen LogP contribution is 2.15. The zero-order valence-corrected chi connectivity index (χ0v) is 11.4. The minimum Gasteiger partial charge on any atom is -0.382 e. The van der Waals surface area contributed by atoms with E-state index < -0.39 is 0 Å². The Kier molecular flexibility index (Phi) is 8.61. The number of nitrogens with one attached hydrogen (secondary N) is 1. The lowest BCUT2D eigenvalue weighted by Gasteiger charge is -2.25. The molecule has 17 heavy (non-hydrogen) atoms. The molecule has 1 aliphatic heterocycles. The van der Waals surface area contributed by atoms with Crippen molar-refractivity contribution in [2.75, 3.05) is 60.2 Å². The van der Waals surface area contributed by atoms with Crippen LogP contribution in [0.4, 0.5) is 0 Å². The Morgan fingerprint density at radius 2 is 1.88 bits per heavy atom. The van der Waals surface area contributed by atoms with Crippen molar-refractivity contribution < 1.29 is 9.47 Å². The maximum absolute atomic E-state index is 5.46. The molecule has 0 atom stereocenters. The predicted molar refractivity (Wildman–Crippen MR) is 70.4 cm³/mol. The molecule has 1 rings (SSSR count). The van der Waals surface area contributed by atoms with E-state index in [-0.39, 0.29) is 0 Å². The molecule has 1 heterocycles. The summed E-state index contributed by atoms with van der Waals surface area (Å²) < 4.78 is 10.4. The molecule has 4 heteroatoms. The van der Waals surface area contributed by atoms with Crippen molar-refractivity contribution in [2.24, 2.45) is 5.92 Å². The third kappa shape index (κ3) is 7.71. The van der Waals surface area contributed by atoms with Crippen LogP contribution < -0.4 is 5.32 Å². The fourth-order valence-corrected chi connectivity index (χ4v) is 2.15. The average Bonchev–Trinajstić information content (AvgIpc) is 2.37. The van der Waals surface area contributed by atoms with Gasteiger partial charge in [0.2, 0.25) is 0 Å². The van der Waals surface area contributed by atoms with Gasteiger partial charge < -0.3 is 19.7 Å². The first-order chi connectivity index (χ1) is 8.33. The second-order valence-electron chi connectivity index (χ2n) is 4.89. The summed E-state index contributed by atoms with van der Waals surface area (Å²) in [6.07, 6.45) is 4.02. The summed E-state index contributed by atoms with van der Waals surface area (Å²) >= 11 is 0. The van der Waals surface area contributed by atoms with Gasteiger partial charge in [0.25, 0.3) is 0 Å². The number of hydrogen-bond acceptors (Lipinski definition) is 4. The van der Waals surface area contributed by atoms with E-state index in [9.17, 15) is 0 Å². The van der Waals surface area contributed by atoms with Crippen LogP contribution in [0.1, 0.15) is 19.3 Å². The molecule has 0 aromatic carbocycles. The molecule has 0 aromatic heterocycles. The van der Waals surface area contributed by atoms with Crippen LogP contribution in [0.2, 0.25) is 0 Å². The summed E-state index contributed by atoms with van der Waals surface area (Å²) in [4.78, 5) is 2.37. The molecule has 1 aliphatic rings. The Morgan fingerprint density at radius 3 is 2.59 bits per heavy atom. The lowest BCUT2D eigenvalue weighted by molar-refractivity contribution is 0.0598. The van der Waals surface area contributed by atoms with Crippen molar-refractivity contribution >= 4 is 0 Å². The molecule has 1 saturated heterocycles. The van der Waals surface area contributed by atoms with Crippen LogP contribution in [0.15, 0.2) is 0 Å². The maximum atomic E-state index is 5.46. The van der Waals surface area contributed by atoms with Crippen LogP contribution in [0, 0.1) is 5.92 Å². The first kappa shape index (κ1) is 14.9. The van der Waals surface area contributed by atoms with Gasteiger partial charge in [0.1, 0.15) is 0 Å². The molecule has 102 valence electrons. The zero-order chi connectivity index (χ0) is 12.3. The van der Waals surface area contributed by atoms with E-state index in [0.717, 1.165) is 19.1 Å². The van der Waals surface area contributed by atoms with Gasteiger partial charge in [-0.15, -0.1) is 0 Å². The third-order valence-corrected chi connectivity index (χ3v) is 3.43. The Labute approximate surface area is 106 Å². The van der Waals surface area contributed by atoms with Gasteiger partial charge in [0.15, 0.2) is 0 Å². The summed E-state index contributed by atoms with van der Waals surface area (Å²) in [6.45, 7) is 6.83. The molecule has 4 nitrogen and oxygen atoms in total. The molecular formula is C13H28N2O2. The number of rotatable bonds is 9. The molecule has 0 amide bonds. The van der Waals surface area contributed by atoms with Gasteiger partial charge in [0.05, 0.1) is 19.8 Å². The highest BCUT2D eigenvalue weighted by Gasteiger charge is 2.13. The normalized spacial score (nSPS) is 17.8. The first-order valence-corrected chi connectivity index (χ1v) is 6.79. The number of methoxy groups -OCH3 is 1. The second-order valence-corrected chi connectivity index (χ2v) is 4.89. The summed E-state index contributed by atoms with van der Waals surface area (Å²) in [5.74, 6) is 0.924. The summed E-state index contributed by atoms with van der Waals surface area (Å²) in [6, 6.07) is 0. The highest BCUT2D eigenvalue weighted by atomic mass is 16.5. The van der Waals surface area contributed by atoms with Gasteiger partial charge in [-0.1, -0.05) is 0 Å². The quantitative estimate of drug-likeness (QED) is 0.613. The Bertz CT molecular complexity index is 173. The third-order valence-electron chi connectivity index (χ3n) is 3.43. The highest BCUT2D eigenvalue weighted by molar-refractivity contribution is 4.69. The molecule has 0 spiro atoms. The standard InChI is InChI=1S/C13H28N2O2/c1-15(9-10-17-12-11-16-2)8-5-13-3-6-14-7-4-13/h13-14H,3-12H2,1-2H3. The Morgan fingerprint density at radius 1 is 1.12 bits per heavy atom. The number of hydrogen-bond donors (Lipinski definition) is 1. The van der Waals surface area contributed by atoms with Crippen molar-refractivity contribution in [3.63, 3.8) is 0 Å².